The minimum absolute atomic E-state index is 0.152. The van der Waals surface area contributed by atoms with Gasteiger partial charge in [0.1, 0.15) is 0 Å². The third-order valence-corrected chi connectivity index (χ3v) is 5.13. The van der Waals surface area contributed by atoms with E-state index in [1.54, 1.807) is 14.2 Å². The van der Waals surface area contributed by atoms with E-state index >= 15 is 0 Å². The zero-order valence-corrected chi connectivity index (χ0v) is 15.4. The highest BCUT2D eigenvalue weighted by Gasteiger charge is 2.32. The first-order valence-corrected chi connectivity index (χ1v) is 8.72. The van der Waals surface area contributed by atoms with Crippen molar-refractivity contribution in [1.29, 1.82) is 0 Å². The van der Waals surface area contributed by atoms with E-state index < -0.39 is 5.69 Å². The Morgan fingerprint density at radius 2 is 1.70 bits per heavy atom. The Morgan fingerprint density at radius 1 is 1.04 bits per heavy atom. The summed E-state index contributed by atoms with van der Waals surface area (Å²) in [5, 5.41) is 0. The van der Waals surface area contributed by atoms with Crippen molar-refractivity contribution in [2.24, 2.45) is 0 Å². The molecule has 0 fully saturated rings. The summed E-state index contributed by atoms with van der Waals surface area (Å²) in [6.07, 6.45) is 0. The first-order valence-electron chi connectivity index (χ1n) is 8.72. The molecular weight excluding hydrogens is 344 g/mol. The zero-order chi connectivity index (χ0) is 19.1. The second-order valence-corrected chi connectivity index (χ2v) is 6.61. The number of aromatic nitrogens is 2. The van der Waals surface area contributed by atoms with Gasteiger partial charge in [-0.15, -0.1) is 0 Å². The maximum absolute atomic E-state index is 13.2. The Hall–Kier alpha value is -3.28. The summed E-state index contributed by atoms with van der Waals surface area (Å²) in [7, 11) is 3.13. The molecule has 1 unspecified atom stereocenters. The molecule has 1 atom stereocenters. The summed E-state index contributed by atoms with van der Waals surface area (Å²) in [6.45, 7) is 2.20. The van der Waals surface area contributed by atoms with Crippen molar-refractivity contribution >= 4 is 0 Å². The Bertz CT molecular complexity index is 1130. The lowest BCUT2D eigenvalue weighted by atomic mass is 9.99. The second kappa shape index (κ2) is 6.46. The molecule has 4 rings (SSSR count). The summed E-state index contributed by atoms with van der Waals surface area (Å²) in [4.78, 5) is 28.7. The first-order chi connectivity index (χ1) is 13.0. The lowest BCUT2D eigenvalue weighted by molar-refractivity contribution is 0.354. The molecular formula is C21H20N2O4. The van der Waals surface area contributed by atoms with Gasteiger partial charge in [-0.25, -0.2) is 4.79 Å². The number of fused-ring (bicyclic) bond motifs is 3. The Labute approximate surface area is 156 Å². The Balaban J connectivity index is 1.89. The van der Waals surface area contributed by atoms with Crippen molar-refractivity contribution in [1.82, 2.24) is 9.55 Å². The lowest BCUT2D eigenvalue weighted by Gasteiger charge is -2.11. The highest BCUT2D eigenvalue weighted by molar-refractivity contribution is 5.78. The molecule has 2 aromatic carbocycles. The van der Waals surface area contributed by atoms with Crippen LogP contribution in [-0.4, -0.2) is 23.8 Å². The van der Waals surface area contributed by atoms with Crippen molar-refractivity contribution < 1.29 is 9.47 Å². The molecule has 1 aromatic heterocycles. The summed E-state index contributed by atoms with van der Waals surface area (Å²) in [5.74, 6) is 1.01. The van der Waals surface area contributed by atoms with Crippen molar-refractivity contribution in [3.05, 3.63) is 80.0 Å². The molecule has 1 aliphatic rings. The molecule has 138 valence electrons. The first kappa shape index (κ1) is 17.1. The van der Waals surface area contributed by atoms with Crippen LogP contribution in [0.1, 0.15) is 29.5 Å². The number of hydrogen-bond acceptors (Lipinski definition) is 4. The van der Waals surface area contributed by atoms with Gasteiger partial charge in [0.25, 0.3) is 5.56 Å². The van der Waals surface area contributed by atoms with Gasteiger partial charge in [0, 0.05) is 17.0 Å². The molecule has 1 heterocycles. The molecule has 27 heavy (non-hydrogen) atoms. The van der Waals surface area contributed by atoms with Gasteiger partial charge in [0.15, 0.2) is 11.5 Å². The quantitative estimate of drug-likeness (QED) is 0.773. The van der Waals surface area contributed by atoms with Gasteiger partial charge in [-0.3, -0.25) is 9.36 Å². The number of methoxy groups -OCH3 is 2. The fourth-order valence-electron chi connectivity index (χ4n) is 3.74. The highest BCUT2D eigenvalue weighted by Crippen LogP contribution is 2.46. The van der Waals surface area contributed by atoms with Crippen LogP contribution in [0.5, 0.6) is 11.5 Å². The lowest BCUT2D eigenvalue weighted by Crippen LogP contribution is -2.37. The molecule has 3 aromatic rings. The fraction of sp³-hybridized carbons (Fsp3) is 0.238. The van der Waals surface area contributed by atoms with E-state index in [0.29, 0.717) is 22.8 Å². The summed E-state index contributed by atoms with van der Waals surface area (Å²) < 4.78 is 12.0. The molecule has 0 radical (unpaired) electrons. The number of aromatic amines is 1. The van der Waals surface area contributed by atoms with Crippen LogP contribution in [0.4, 0.5) is 0 Å². The zero-order valence-electron chi connectivity index (χ0n) is 15.4. The minimum Gasteiger partial charge on any atom is -0.493 e. The Kier molecular flexibility index (Phi) is 4.11. The van der Waals surface area contributed by atoms with Crippen LogP contribution in [0.2, 0.25) is 0 Å². The third-order valence-electron chi connectivity index (χ3n) is 5.13. The summed E-state index contributed by atoms with van der Waals surface area (Å²) >= 11 is 0. The highest BCUT2D eigenvalue weighted by atomic mass is 16.5. The summed E-state index contributed by atoms with van der Waals surface area (Å²) in [5.41, 5.74) is 3.12. The predicted molar refractivity (Wildman–Crippen MR) is 103 cm³/mol. The number of rotatable bonds is 4. The van der Waals surface area contributed by atoms with E-state index in [1.807, 2.05) is 49.4 Å². The van der Waals surface area contributed by atoms with Gasteiger partial charge in [0.2, 0.25) is 0 Å². The number of nitrogens with one attached hydrogen (secondary N) is 1. The van der Waals surface area contributed by atoms with Crippen molar-refractivity contribution in [2.75, 3.05) is 14.2 Å². The van der Waals surface area contributed by atoms with Crippen LogP contribution >= 0.6 is 0 Å². The van der Waals surface area contributed by atoms with E-state index in [9.17, 15) is 9.59 Å². The Morgan fingerprint density at radius 3 is 2.37 bits per heavy atom. The molecule has 1 N–H and O–H groups in total. The van der Waals surface area contributed by atoms with E-state index in [1.165, 1.54) is 4.57 Å². The predicted octanol–water partition coefficient (Wildman–Crippen LogP) is 2.73. The molecule has 0 saturated heterocycles. The van der Waals surface area contributed by atoms with Crippen LogP contribution in [0, 0.1) is 0 Å². The molecule has 0 amide bonds. The van der Waals surface area contributed by atoms with Crippen molar-refractivity contribution in [3.63, 3.8) is 0 Å². The van der Waals surface area contributed by atoms with Crippen LogP contribution in [0.3, 0.4) is 0 Å². The third kappa shape index (κ3) is 2.65. The van der Waals surface area contributed by atoms with Crippen molar-refractivity contribution in [2.45, 2.75) is 19.4 Å². The SMILES string of the molecule is COc1cc2c(cc1OC)C(C)c1c-2[nH]c(=O)n(Cc2ccccc2)c1=O. The van der Waals surface area contributed by atoms with E-state index in [4.69, 9.17) is 9.47 Å². The van der Waals surface area contributed by atoms with Crippen LogP contribution in [0.15, 0.2) is 52.1 Å². The average molecular weight is 364 g/mol. The van der Waals surface area contributed by atoms with E-state index in [2.05, 4.69) is 4.98 Å². The molecule has 0 aliphatic heterocycles. The maximum atomic E-state index is 13.2. The molecule has 1 aliphatic carbocycles. The van der Waals surface area contributed by atoms with Crippen LogP contribution < -0.4 is 20.7 Å². The number of benzene rings is 2. The van der Waals surface area contributed by atoms with Crippen molar-refractivity contribution in [3.8, 4) is 22.8 Å². The largest absolute Gasteiger partial charge is 0.493 e. The maximum Gasteiger partial charge on any atom is 0.329 e. The number of hydrogen-bond donors (Lipinski definition) is 1. The molecule has 0 spiro atoms. The number of H-pyrrole nitrogens is 1. The second-order valence-electron chi connectivity index (χ2n) is 6.61. The van der Waals surface area contributed by atoms with Gasteiger partial charge in [0.05, 0.1) is 26.5 Å². The van der Waals surface area contributed by atoms with E-state index in [-0.39, 0.29) is 18.0 Å². The topological polar surface area (TPSA) is 73.3 Å². The normalized spacial score (nSPS) is 14.6. The molecule has 0 saturated carbocycles. The van der Waals surface area contributed by atoms with Crippen LogP contribution in [0.25, 0.3) is 11.3 Å². The van der Waals surface area contributed by atoms with Gasteiger partial charge in [-0.1, -0.05) is 37.3 Å². The summed E-state index contributed by atoms with van der Waals surface area (Å²) in [6, 6.07) is 13.2. The number of nitrogens with zero attached hydrogens (tertiary/aromatic N) is 1. The molecule has 6 nitrogen and oxygen atoms in total. The monoisotopic (exact) mass is 364 g/mol. The van der Waals surface area contributed by atoms with Gasteiger partial charge in [-0.2, -0.15) is 0 Å². The number of ether oxygens (including phenoxy) is 2. The smallest absolute Gasteiger partial charge is 0.329 e. The van der Waals surface area contributed by atoms with Crippen LogP contribution in [-0.2, 0) is 6.54 Å². The van der Waals surface area contributed by atoms with E-state index in [0.717, 1.165) is 16.7 Å². The molecule has 6 heteroatoms. The van der Waals surface area contributed by atoms with Gasteiger partial charge >= 0.3 is 5.69 Å². The fourth-order valence-corrected chi connectivity index (χ4v) is 3.74. The van der Waals surface area contributed by atoms with Gasteiger partial charge < -0.3 is 14.5 Å². The van der Waals surface area contributed by atoms with Gasteiger partial charge in [-0.05, 0) is 23.3 Å². The standard InChI is InChI=1S/C21H20N2O4/c1-12-14-9-16(26-2)17(27-3)10-15(14)19-18(12)20(24)23(21(25)22-19)11-13-7-5-4-6-8-13/h4-10,12H,11H2,1-3H3,(H,22,25). The average Bonchev–Trinajstić information content (AvgIpc) is 2.96. The molecule has 0 bridgehead atoms. The minimum atomic E-state index is -0.419.